The Morgan fingerprint density at radius 3 is 2.69 bits per heavy atom. The highest BCUT2D eigenvalue weighted by molar-refractivity contribution is 6.65. The zero-order valence-electron chi connectivity index (χ0n) is 7.50. The normalized spacial score (nSPS) is 47.9. The van der Waals surface area contributed by atoms with Crippen LogP contribution in [-0.2, 0) is 4.84 Å². The highest BCUT2D eigenvalue weighted by atomic mass is 35.5. The average Bonchev–Trinajstić information content (AvgIpc) is 2.49. The molecular formula is C9H13ClN2O. The van der Waals surface area contributed by atoms with Crippen LogP contribution in [0.4, 0.5) is 0 Å². The summed E-state index contributed by atoms with van der Waals surface area (Å²) < 4.78 is 0. The molecule has 4 aliphatic heterocycles. The molecule has 72 valence electrons. The van der Waals surface area contributed by atoms with Gasteiger partial charge >= 0.3 is 0 Å². The molecule has 0 radical (unpaired) electrons. The first-order chi connectivity index (χ1) is 6.28. The summed E-state index contributed by atoms with van der Waals surface area (Å²) in [5.74, 6) is 0.678. The van der Waals surface area contributed by atoms with Gasteiger partial charge in [-0.1, -0.05) is 16.8 Å². The first-order valence-corrected chi connectivity index (χ1v) is 5.29. The average molecular weight is 201 g/mol. The minimum Gasteiger partial charge on any atom is -0.386 e. The van der Waals surface area contributed by atoms with Crippen molar-refractivity contribution in [1.82, 2.24) is 4.90 Å². The summed E-state index contributed by atoms with van der Waals surface area (Å²) in [6.07, 6.45) is 3.33. The monoisotopic (exact) mass is 200 g/mol. The standard InChI is InChI=1S/C9H13ClN2O/c10-8-5-9(13-11-8)6-12-3-1-7(9)2-4-12/h7H,1-6H2. The van der Waals surface area contributed by atoms with Crippen LogP contribution in [-0.4, -0.2) is 35.3 Å². The fourth-order valence-electron chi connectivity index (χ4n) is 2.88. The third-order valence-electron chi connectivity index (χ3n) is 3.59. The van der Waals surface area contributed by atoms with E-state index in [1.165, 1.54) is 25.9 Å². The summed E-state index contributed by atoms with van der Waals surface area (Å²) in [5, 5.41) is 4.53. The van der Waals surface area contributed by atoms with Gasteiger partial charge in [0.2, 0.25) is 0 Å². The summed E-state index contributed by atoms with van der Waals surface area (Å²) >= 11 is 5.88. The molecule has 0 N–H and O–H groups in total. The van der Waals surface area contributed by atoms with Gasteiger partial charge in [-0.15, -0.1) is 0 Å². The molecule has 1 atom stereocenters. The van der Waals surface area contributed by atoms with Crippen LogP contribution < -0.4 is 0 Å². The third kappa shape index (κ3) is 1.10. The summed E-state index contributed by atoms with van der Waals surface area (Å²) in [7, 11) is 0. The number of rotatable bonds is 0. The lowest BCUT2D eigenvalue weighted by Gasteiger charge is -2.49. The van der Waals surface area contributed by atoms with Gasteiger partial charge in [-0.05, 0) is 25.9 Å². The second kappa shape index (κ2) is 2.61. The maximum Gasteiger partial charge on any atom is 0.159 e. The van der Waals surface area contributed by atoms with Crippen molar-refractivity contribution in [2.75, 3.05) is 19.6 Å². The van der Waals surface area contributed by atoms with Gasteiger partial charge in [-0.25, -0.2) is 0 Å². The van der Waals surface area contributed by atoms with Gasteiger partial charge < -0.3 is 4.84 Å². The molecular weight excluding hydrogens is 188 g/mol. The Hall–Kier alpha value is -0.280. The second-order valence-corrected chi connectivity index (χ2v) is 4.79. The minimum absolute atomic E-state index is 0.0480. The fourth-order valence-corrected chi connectivity index (χ4v) is 3.14. The van der Waals surface area contributed by atoms with Crippen molar-refractivity contribution in [3.8, 4) is 0 Å². The largest absolute Gasteiger partial charge is 0.386 e. The number of fused-ring (bicyclic) bond motifs is 2. The van der Waals surface area contributed by atoms with Gasteiger partial charge in [0.15, 0.2) is 5.60 Å². The summed E-state index contributed by atoms with van der Waals surface area (Å²) in [4.78, 5) is 8.01. The van der Waals surface area contributed by atoms with Crippen LogP contribution >= 0.6 is 11.6 Å². The van der Waals surface area contributed by atoms with E-state index >= 15 is 0 Å². The summed E-state index contributed by atoms with van der Waals surface area (Å²) in [6.45, 7) is 3.48. The number of nitrogens with zero attached hydrogens (tertiary/aromatic N) is 2. The highest BCUT2D eigenvalue weighted by Gasteiger charge is 2.52. The Labute approximate surface area is 82.7 Å². The Morgan fingerprint density at radius 2 is 2.23 bits per heavy atom. The van der Waals surface area contributed by atoms with Crippen LogP contribution in [0.25, 0.3) is 0 Å². The van der Waals surface area contributed by atoms with Crippen LogP contribution in [0, 0.1) is 5.92 Å². The molecule has 4 rings (SSSR count). The zero-order valence-corrected chi connectivity index (χ0v) is 8.26. The molecule has 0 aromatic carbocycles. The van der Waals surface area contributed by atoms with Crippen molar-refractivity contribution in [3.05, 3.63) is 0 Å². The molecule has 2 bridgehead atoms. The van der Waals surface area contributed by atoms with Crippen molar-refractivity contribution in [3.63, 3.8) is 0 Å². The van der Waals surface area contributed by atoms with E-state index in [1.54, 1.807) is 0 Å². The zero-order chi connectivity index (χ0) is 8.89. The van der Waals surface area contributed by atoms with E-state index in [0.29, 0.717) is 11.1 Å². The lowest BCUT2D eigenvalue weighted by atomic mass is 9.74. The Morgan fingerprint density at radius 1 is 1.46 bits per heavy atom. The van der Waals surface area contributed by atoms with Crippen LogP contribution in [0.5, 0.6) is 0 Å². The molecule has 4 heterocycles. The van der Waals surface area contributed by atoms with Crippen LogP contribution in [0.2, 0.25) is 0 Å². The molecule has 0 aliphatic carbocycles. The SMILES string of the molecule is ClC1=NOC2(C1)CN1CCC2CC1. The molecule has 4 aliphatic rings. The number of hydrogen-bond acceptors (Lipinski definition) is 3. The summed E-state index contributed by atoms with van der Waals surface area (Å²) in [6, 6.07) is 0. The fraction of sp³-hybridized carbons (Fsp3) is 0.889. The maximum atomic E-state index is 5.88. The molecule has 3 saturated heterocycles. The lowest BCUT2D eigenvalue weighted by Crippen LogP contribution is -2.59. The Kier molecular flexibility index (Phi) is 1.62. The van der Waals surface area contributed by atoms with E-state index in [4.69, 9.17) is 16.4 Å². The minimum atomic E-state index is -0.0480. The maximum absolute atomic E-state index is 5.88. The van der Waals surface area contributed by atoms with E-state index in [-0.39, 0.29) is 5.60 Å². The van der Waals surface area contributed by atoms with Gasteiger partial charge in [0.25, 0.3) is 0 Å². The predicted octanol–water partition coefficient (Wildman–Crippen LogP) is 1.42. The molecule has 0 aromatic heterocycles. The van der Waals surface area contributed by atoms with E-state index < -0.39 is 0 Å². The topological polar surface area (TPSA) is 24.8 Å². The van der Waals surface area contributed by atoms with Gasteiger partial charge in [0.05, 0.1) is 0 Å². The van der Waals surface area contributed by atoms with Crippen molar-refractivity contribution >= 4 is 16.8 Å². The molecule has 13 heavy (non-hydrogen) atoms. The molecule has 0 aromatic rings. The van der Waals surface area contributed by atoms with Crippen molar-refractivity contribution in [1.29, 1.82) is 0 Å². The number of hydrogen-bond donors (Lipinski definition) is 0. The van der Waals surface area contributed by atoms with E-state index in [9.17, 15) is 0 Å². The second-order valence-electron chi connectivity index (χ2n) is 4.35. The molecule has 0 saturated carbocycles. The van der Waals surface area contributed by atoms with Crippen molar-refractivity contribution in [2.24, 2.45) is 11.1 Å². The van der Waals surface area contributed by atoms with E-state index in [0.717, 1.165) is 13.0 Å². The molecule has 4 heteroatoms. The number of piperidine rings is 3. The Bertz CT molecular complexity index is 260. The van der Waals surface area contributed by atoms with Crippen LogP contribution in [0.3, 0.4) is 0 Å². The van der Waals surface area contributed by atoms with Gasteiger partial charge in [-0.3, -0.25) is 4.90 Å². The van der Waals surface area contributed by atoms with Gasteiger partial charge in [0, 0.05) is 18.9 Å². The van der Waals surface area contributed by atoms with E-state index in [2.05, 4.69) is 10.1 Å². The van der Waals surface area contributed by atoms with Gasteiger partial charge in [0.1, 0.15) is 5.17 Å². The quantitative estimate of drug-likeness (QED) is 0.591. The van der Waals surface area contributed by atoms with Crippen LogP contribution in [0.15, 0.2) is 5.16 Å². The Balaban J connectivity index is 1.85. The molecule has 0 amide bonds. The number of oxime groups is 1. The predicted molar refractivity (Wildman–Crippen MR) is 50.9 cm³/mol. The third-order valence-corrected chi connectivity index (χ3v) is 3.80. The highest BCUT2D eigenvalue weighted by Crippen LogP contribution is 2.43. The summed E-state index contributed by atoms with van der Waals surface area (Å²) in [5.41, 5.74) is -0.0480. The lowest BCUT2D eigenvalue weighted by molar-refractivity contribution is -0.136. The van der Waals surface area contributed by atoms with Crippen molar-refractivity contribution in [2.45, 2.75) is 24.9 Å². The first-order valence-electron chi connectivity index (χ1n) is 4.91. The smallest absolute Gasteiger partial charge is 0.159 e. The van der Waals surface area contributed by atoms with Gasteiger partial charge in [-0.2, -0.15) is 0 Å². The first kappa shape index (κ1) is 8.06. The van der Waals surface area contributed by atoms with E-state index in [1.807, 2.05) is 0 Å². The molecule has 1 unspecified atom stereocenters. The molecule has 1 spiro atoms. The van der Waals surface area contributed by atoms with Crippen molar-refractivity contribution < 1.29 is 4.84 Å². The molecule has 3 fully saturated rings. The molecule has 3 nitrogen and oxygen atoms in total. The van der Waals surface area contributed by atoms with Crippen LogP contribution in [0.1, 0.15) is 19.3 Å². The number of halogens is 1.